The van der Waals surface area contributed by atoms with Crippen molar-refractivity contribution < 1.29 is 19.1 Å². The first-order chi connectivity index (χ1) is 17.9. The molecule has 0 radical (unpaired) electrons. The Morgan fingerprint density at radius 2 is 1.97 bits per heavy atom. The molecule has 1 fully saturated rings. The van der Waals surface area contributed by atoms with Gasteiger partial charge in [0.2, 0.25) is 24.6 Å². The molecule has 5 rings (SSSR count). The van der Waals surface area contributed by atoms with Gasteiger partial charge in [0.05, 0.1) is 0 Å². The minimum absolute atomic E-state index is 0.0177. The third kappa shape index (κ3) is 5.50. The lowest BCUT2D eigenvalue weighted by atomic mass is 10.1. The quantitative estimate of drug-likeness (QED) is 0.519. The zero-order valence-corrected chi connectivity index (χ0v) is 21.3. The van der Waals surface area contributed by atoms with Gasteiger partial charge in [-0.25, -0.2) is 9.97 Å². The lowest BCUT2D eigenvalue weighted by Gasteiger charge is -2.41. The third-order valence-corrected chi connectivity index (χ3v) is 6.38. The highest BCUT2D eigenvalue weighted by molar-refractivity contribution is 5.88. The van der Waals surface area contributed by atoms with E-state index in [1.165, 1.54) is 0 Å². The summed E-state index contributed by atoms with van der Waals surface area (Å²) in [6.07, 6.45) is 5.50. The summed E-state index contributed by atoms with van der Waals surface area (Å²) < 4.78 is 12.6. The Labute approximate surface area is 215 Å². The van der Waals surface area contributed by atoms with Gasteiger partial charge in [0.1, 0.15) is 18.2 Å². The Morgan fingerprint density at radius 3 is 2.76 bits per heavy atom. The van der Waals surface area contributed by atoms with Crippen LogP contribution < -0.4 is 19.7 Å². The standard InChI is InChI=1S/C26H31N7O4/c1-17(2)10-24(34)33-9-8-31(23-11-18(3)29-26(30-23)32-7-6-27-15-32)14-20(33)25(35)28-13-19-4-5-21-22(12-19)37-16-36-21/h4-7,11-12,15,17,20H,8-10,13-14,16H2,1-3H3,(H,28,35). The first-order valence-electron chi connectivity index (χ1n) is 12.4. The van der Waals surface area contributed by atoms with Gasteiger partial charge in [-0.3, -0.25) is 14.2 Å². The van der Waals surface area contributed by atoms with E-state index >= 15 is 0 Å². The Hall–Kier alpha value is -4.15. The first-order valence-corrected chi connectivity index (χ1v) is 12.4. The molecule has 1 atom stereocenters. The number of imidazole rings is 1. The van der Waals surface area contributed by atoms with Crippen LogP contribution in [0.2, 0.25) is 0 Å². The molecular weight excluding hydrogens is 474 g/mol. The van der Waals surface area contributed by atoms with Crippen LogP contribution in [-0.4, -0.2) is 68.7 Å². The van der Waals surface area contributed by atoms with Crippen LogP contribution in [-0.2, 0) is 16.1 Å². The van der Waals surface area contributed by atoms with E-state index in [-0.39, 0.29) is 24.5 Å². The van der Waals surface area contributed by atoms with Gasteiger partial charge >= 0.3 is 0 Å². The lowest BCUT2D eigenvalue weighted by Crippen LogP contribution is -2.61. The molecule has 0 saturated carbocycles. The Balaban J connectivity index is 1.35. The van der Waals surface area contributed by atoms with E-state index in [1.807, 2.05) is 49.9 Å². The van der Waals surface area contributed by atoms with Gasteiger partial charge in [-0.05, 0) is 30.5 Å². The number of anilines is 1. The van der Waals surface area contributed by atoms with Crippen LogP contribution in [0.4, 0.5) is 5.82 Å². The van der Waals surface area contributed by atoms with Crippen molar-refractivity contribution >= 4 is 17.6 Å². The number of aryl methyl sites for hydroxylation is 1. The monoisotopic (exact) mass is 505 g/mol. The van der Waals surface area contributed by atoms with Gasteiger partial charge in [-0.2, -0.15) is 4.98 Å². The number of nitrogens with one attached hydrogen (secondary N) is 1. The minimum Gasteiger partial charge on any atom is -0.454 e. The molecule has 1 aromatic carbocycles. The SMILES string of the molecule is Cc1cc(N2CCN(C(=O)CC(C)C)C(C(=O)NCc3ccc4c(c3)OCO4)C2)nc(-n2ccnc2)n1. The maximum Gasteiger partial charge on any atom is 0.244 e. The molecule has 0 aliphatic carbocycles. The fourth-order valence-electron chi connectivity index (χ4n) is 4.53. The van der Waals surface area contributed by atoms with E-state index in [1.54, 1.807) is 28.2 Å². The van der Waals surface area contributed by atoms with Gasteiger partial charge in [0.15, 0.2) is 11.5 Å². The van der Waals surface area contributed by atoms with Crippen molar-refractivity contribution in [2.75, 3.05) is 31.3 Å². The molecule has 194 valence electrons. The number of carbonyl (C=O) groups is 2. The molecule has 2 aliphatic rings. The second-order valence-corrected chi connectivity index (χ2v) is 9.69. The van der Waals surface area contributed by atoms with E-state index < -0.39 is 6.04 Å². The number of hydrogen-bond acceptors (Lipinski definition) is 8. The van der Waals surface area contributed by atoms with Crippen LogP contribution in [0.3, 0.4) is 0 Å². The van der Waals surface area contributed by atoms with Crippen molar-refractivity contribution in [3.05, 3.63) is 54.2 Å². The van der Waals surface area contributed by atoms with E-state index in [0.717, 1.165) is 11.3 Å². The Bertz CT molecular complexity index is 1280. The van der Waals surface area contributed by atoms with Crippen LogP contribution in [0.25, 0.3) is 5.95 Å². The number of ether oxygens (including phenoxy) is 2. The van der Waals surface area contributed by atoms with Gasteiger partial charge in [-0.15, -0.1) is 0 Å². The second-order valence-electron chi connectivity index (χ2n) is 9.69. The average Bonchev–Trinajstić information content (AvgIpc) is 3.58. The molecule has 37 heavy (non-hydrogen) atoms. The molecular formula is C26H31N7O4. The molecule has 0 spiro atoms. The number of amides is 2. The molecule has 2 amide bonds. The summed E-state index contributed by atoms with van der Waals surface area (Å²) >= 11 is 0. The highest BCUT2D eigenvalue weighted by Gasteiger charge is 2.36. The molecule has 1 unspecified atom stereocenters. The number of aromatic nitrogens is 4. The summed E-state index contributed by atoms with van der Waals surface area (Å²) in [7, 11) is 0. The number of nitrogens with zero attached hydrogens (tertiary/aromatic N) is 6. The molecule has 3 aromatic rings. The van der Waals surface area contributed by atoms with Crippen molar-refractivity contribution in [1.29, 1.82) is 0 Å². The van der Waals surface area contributed by atoms with E-state index in [9.17, 15) is 9.59 Å². The Kier molecular flexibility index (Phi) is 6.93. The number of carbonyl (C=O) groups excluding carboxylic acids is 2. The molecule has 11 heteroatoms. The fourth-order valence-corrected chi connectivity index (χ4v) is 4.53. The average molecular weight is 506 g/mol. The normalized spacial score (nSPS) is 16.8. The van der Waals surface area contributed by atoms with E-state index in [2.05, 4.69) is 15.3 Å². The molecule has 11 nitrogen and oxygen atoms in total. The zero-order chi connectivity index (χ0) is 25.9. The molecule has 1 saturated heterocycles. The van der Waals surface area contributed by atoms with Crippen LogP contribution in [0.15, 0.2) is 43.0 Å². The molecule has 2 aromatic heterocycles. The van der Waals surface area contributed by atoms with Gasteiger partial charge in [0.25, 0.3) is 0 Å². The van der Waals surface area contributed by atoms with Crippen molar-refractivity contribution in [2.24, 2.45) is 5.92 Å². The molecule has 4 heterocycles. The number of piperazine rings is 1. The van der Waals surface area contributed by atoms with Gasteiger partial charge < -0.3 is 24.6 Å². The van der Waals surface area contributed by atoms with Crippen molar-refractivity contribution in [3.63, 3.8) is 0 Å². The molecule has 1 N–H and O–H groups in total. The zero-order valence-electron chi connectivity index (χ0n) is 21.3. The smallest absolute Gasteiger partial charge is 0.244 e. The molecule has 2 aliphatic heterocycles. The maximum absolute atomic E-state index is 13.5. The van der Waals surface area contributed by atoms with Crippen molar-refractivity contribution in [2.45, 2.75) is 39.8 Å². The van der Waals surface area contributed by atoms with Crippen molar-refractivity contribution in [1.82, 2.24) is 29.7 Å². The minimum atomic E-state index is -0.652. The number of fused-ring (bicyclic) bond motifs is 1. The molecule has 0 bridgehead atoms. The predicted molar refractivity (Wildman–Crippen MR) is 135 cm³/mol. The summed E-state index contributed by atoms with van der Waals surface area (Å²) in [5, 5.41) is 3.01. The number of rotatable bonds is 7. The van der Waals surface area contributed by atoms with Crippen LogP contribution in [0.1, 0.15) is 31.5 Å². The highest BCUT2D eigenvalue weighted by Crippen LogP contribution is 2.32. The summed E-state index contributed by atoms with van der Waals surface area (Å²) in [6.45, 7) is 7.75. The first kappa shape index (κ1) is 24.5. The lowest BCUT2D eigenvalue weighted by molar-refractivity contribution is -0.141. The Morgan fingerprint density at radius 1 is 1.14 bits per heavy atom. The maximum atomic E-state index is 13.5. The number of hydrogen-bond donors (Lipinski definition) is 1. The van der Waals surface area contributed by atoms with E-state index in [4.69, 9.17) is 14.5 Å². The third-order valence-electron chi connectivity index (χ3n) is 6.38. The summed E-state index contributed by atoms with van der Waals surface area (Å²) in [6, 6.07) is 6.83. The summed E-state index contributed by atoms with van der Waals surface area (Å²) in [5.74, 6) is 2.55. The van der Waals surface area contributed by atoms with E-state index in [0.29, 0.717) is 55.9 Å². The van der Waals surface area contributed by atoms with Gasteiger partial charge in [0, 0.05) is 56.8 Å². The second kappa shape index (κ2) is 10.5. The summed E-state index contributed by atoms with van der Waals surface area (Å²) in [5.41, 5.74) is 1.69. The van der Waals surface area contributed by atoms with Crippen LogP contribution >= 0.6 is 0 Å². The number of benzene rings is 1. The van der Waals surface area contributed by atoms with Crippen molar-refractivity contribution in [3.8, 4) is 17.4 Å². The topological polar surface area (TPSA) is 115 Å². The van der Waals surface area contributed by atoms with Crippen LogP contribution in [0.5, 0.6) is 11.5 Å². The highest BCUT2D eigenvalue weighted by atomic mass is 16.7. The van der Waals surface area contributed by atoms with Gasteiger partial charge in [-0.1, -0.05) is 19.9 Å². The predicted octanol–water partition coefficient (Wildman–Crippen LogP) is 2.08. The van der Waals surface area contributed by atoms with Crippen LogP contribution in [0, 0.1) is 12.8 Å². The summed E-state index contributed by atoms with van der Waals surface area (Å²) in [4.78, 5) is 43.6. The largest absolute Gasteiger partial charge is 0.454 e. The fraction of sp³-hybridized carbons (Fsp3) is 0.423.